The number of nitro benzene ring substituents is 1. The highest BCUT2D eigenvalue weighted by Gasteiger charge is 2.12. The summed E-state index contributed by atoms with van der Waals surface area (Å²) in [4.78, 5) is 10.1. The maximum Gasteiger partial charge on any atom is 0.277 e. The summed E-state index contributed by atoms with van der Waals surface area (Å²) < 4.78 is 18.9. The Morgan fingerprint density at radius 2 is 1.96 bits per heavy atom. The van der Waals surface area contributed by atoms with Gasteiger partial charge in [0, 0.05) is 17.4 Å². The van der Waals surface area contributed by atoms with E-state index in [1.54, 1.807) is 0 Å². The molecule has 0 unspecified atom stereocenters. The molecule has 0 aliphatic heterocycles. The molecule has 0 aliphatic rings. The van der Waals surface area contributed by atoms with Crippen molar-refractivity contribution in [3.63, 3.8) is 0 Å². The zero-order valence-corrected chi connectivity index (χ0v) is 12.5. The lowest BCUT2D eigenvalue weighted by atomic mass is 10.2. The molecule has 3 rings (SSSR count). The van der Waals surface area contributed by atoms with Crippen LogP contribution in [-0.2, 0) is 5.75 Å². The Bertz CT molecular complexity index is 839. The van der Waals surface area contributed by atoms with E-state index in [0.717, 1.165) is 11.6 Å². The van der Waals surface area contributed by atoms with Crippen LogP contribution in [0, 0.1) is 15.9 Å². The first kappa shape index (κ1) is 15.2. The Morgan fingerprint density at radius 3 is 2.70 bits per heavy atom. The van der Waals surface area contributed by atoms with Crippen molar-refractivity contribution in [3.05, 3.63) is 70.0 Å². The molecule has 0 N–H and O–H groups in total. The van der Waals surface area contributed by atoms with Gasteiger partial charge in [-0.05, 0) is 23.8 Å². The van der Waals surface area contributed by atoms with Gasteiger partial charge in [-0.15, -0.1) is 10.2 Å². The molecule has 1 aromatic heterocycles. The second-order valence-corrected chi connectivity index (χ2v) is 5.53. The van der Waals surface area contributed by atoms with Crippen LogP contribution in [0.5, 0.6) is 0 Å². The fourth-order valence-electron chi connectivity index (χ4n) is 1.93. The Balaban J connectivity index is 1.72. The molecule has 0 radical (unpaired) electrons. The normalized spacial score (nSPS) is 10.7. The van der Waals surface area contributed by atoms with Gasteiger partial charge in [0.1, 0.15) is 5.82 Å². The fourth-order valence-corrected chi connectivity index (χ4v) is 2.63. The number of hydrogen-bond donors (Lipinski definition) is 0. The molecule has 6 nitrogen and oxygen atoms in total. The van der Waals surface area contributed by atoms with E-state index in [1.165, 1.54) is 23.9 Å². The van der Waals surface area contributed by atoms with Crippen molar-refractivity contribution in [2.75, 3.05) is 0 Å². The summed E-state index contributed by atoms with van der Waals surface area (Å²) in [7, 11) is 0. The van der Waals surface area contributed by atoms with Crippen molar-refractivity contribution in [1.29, 1.82) is 0 Å². The summed E-state index contributed by atoms with van der Waals surface area (Å²) >= 11 is 1.19. The molecule has 0 saturated carbocycles. The largest absolute Gasteiger partial charge is 0.411 e. The number of halogens is 1. The second-order valence-electron chi connectivity index (χ2n) is 4.60. The summed E-state index contributed by atoms with van der Waals surface area (Å²) in [6.45, 7) is 0. The molecular formula is C15H10FN3O3S. The van der Waals surface area contributed by atoms with Crippen LogP contribution in [-0.4, -0.2) is 15.1 Å². The van der Waals surface area contributed by atoms with Crippen molar-refractivity contribution >= 4 is 17.4 Å². The van der Waals surface area contributed by atoms with Gasteiger partial charge < -0.3 is 4.42 Å². The number of rotatable bonds is 5. The Kier molecular flexibility index (Phi) is 4.33. The number of benzene rings is 2. The van der Waals surface area contributed by atoms with Crippen LogP contribution in [0.1, 0.15) is 5.56 Å². The van der Waals surface area contributed by atoms with E-state index in [0.29, 0.717) is 16.7 Å². The third-order valence-electron chi connectivity index (χ3n) is 2.94. The quantitative estimate of drug-likeness (QED) is 0.398. The fraction of sp³-hybridized carbons (Fsp3) is 0.0667. The summed E-state index contributed by atoms with van der Waals surface area (Å²) in [5, 5.41) is 18.9. The third kappa shape index (κ3) is 3.72. The highest BCUT2D eigenvalue weighted by Crippen LogP contribution is 2.27. The molecular weight excluding hydrogens is 321 g/mol. The monoisotopic (exact) mass is 331 g/mol. The van der Waals surface area contributed by atoms with E-state index in [1.807, 2.05) is 30.3 Å². The summed E-state index contributed by atoms with van der Waals surface area (Å²) in [5.74, 6) is 0.0262. The molecule has 23 heavy (non-hydrogen) atoms. The Hall–Kier alpha value is -2.74. The maximum absolute atomic E-state index is 13.4. The Morgan fingerprint density at radius 1 is 1.17 bits per heavy atom. The molecule has 116 valence electrons. The highest BCUT2D eigenvalue weighted by molar-refractivity contribution is 7.98. The van der Waals surface area contributed by atoms with Crippen LogP contribution in [0.4, 0.5) is 10.1 Å². The van der Waals surface area contributed by atoms with Gasteiger partial charge in [0.05, 0.1) is 11.0 Å². The summed E-state index contributed by atoms with van der Waals surface area (Å²) in [6.07, 6.45) is 0. The van der Waals surface area contributed by atoms with Gasteiger partial charge in [-0.2, -0.15) is 0 Å². The summed E-state index contributed by atoms with van der Waals surface area (Å²) in [6, 6.07) is 12.7. The van der Waals surface area contributed by atoms with E-state index in [4.69, 9.17) is 4.42 Å². The molecule has 2 aromatic carbocycles. The van der Waals surface area contributed by atoms with Gasteiger partial charge >= 0.3 is 0 Å². The van der Waals surface area contributed by atoms with Crippen molar-refractivity contribution in [2.45, 2.75) is 11.0 Å². The molecule has 0 saturated heterocycles. The minimum Gasteiger partial charge on any atom is -0.411 e. The van der Waals surface area contributed by atoms with Gasteiger partial charge in [0.15, 0.2) is 0 Å². The number of nitro groups is 1. The zero-order chi connectivity index (χ0) is 16.2. The molecule has 0 fully saturated rings. The molecule has 0 atom stereocenters. The predicted molar refractivity (Wildman–Crippen MR) is 82.3 cm³/mol. The number of aromatic nitrogens is 2. The van der Waals surface area contributed by atoms with Gasteiger partial charge in [-0.25, -0.2) is 4.39 Å². The van der Waals surface area contributed by atoms with Crippen LogP contribution >= 0.6 is 11.8 Å². The van der Waals surface area contributed by atoms with Crippen LogP contribution in [0.2, 0.25) is 0 Å². The van der Waals surface area contributed by atoms with Gasteiger partial charge in [-0.1, -0.05) is 30.0 Å². The van der Waals surface area contributed by atoms with E-state index in [9.17, 15) is 14.5 Å². The van der Waals surface area contributed by atoms with Crippen molar-refractivity contribution < 1.29 is 13.7 Å². The third-order valence-corrected chi connectivity index (χ3v) is 3.83. The lowest BCUT2D eigenvalue weighted by Gasteiger charge is -1.99. The average Bonchev–Trinajstić information content (AvgIpc) is 3.02. The highest BCUT2D eigenvalue weighted by atomic mass is 32.2. The van der Waals surface area contributed by atoms with Gasteiger partial charge in [-0.3, -0.25) is 10.1 Å². The number of non-ortho nitro benzene ring substituents is 1. The van der Waals surface area contributed by atoms with Crippen LogP contribution < -0.4 is 0 Å². The van der Waals surface area contributed by atoms with E-state index in [2.05, 4.69) is 10.2 Å². The second kappa shape index (κ2) is 6.57. The molecule has 0 spiro atoms. The molecule has 3 aromatic rings. The number of thioether (sulfide) groups is 1. The average molecular weight is 331 g/mol. The molecule has 0 amide bonds. The van der Waals surface area contributed by atoms with E-state index in [-0.39, 0.29) is 11.4 Å². The molecule has 8 heteroatoms. The van der Waals surface area contributed by atoms with E-state index >= 15 is 0 Å². The minimum atomic E-state index is -0.648. The predicted octanol–water partition coefficient (Wildman–Crippen LogP) is 4.08. The van der Waals surface area contributed by atoms with Crippen LogP contribution in [0.3, 0.4) is 0 Å². The Labute approximate surface area is 134 Å². The van der Waals surface area contributed by atoms with Crippen molar-refractivity contribution in [1.82, 2.24) is 10.2 Å². The summed E-state index contributed by atoms with van der Waals surface area (Å²) in [5.41, 5.74) is 0.991. The first-order valence-electron chi connectivity index (χ1n) is 6.57. The molecule has 0 bridgehead atoms. The lowest BCUT2D eigenvalue weighted by Crippen LogP contribution is -1.92. The topological polar surface area (TPSA) is 82.1 Å². The van der Waals surface area contributed by atoms with Crippen LogP contribution in [0.15, 0.2) is 58.2 Å². The maximum atomic E-state index is 13.4. The van der Waals surface area contributed by atoms with Gasteiger partial charge in [0.2, 0.25) is 5.89 Å². The van der Waals surface area contributed by atoms with Gasteiger partial charge in [0.25, 0.3) is 10.9 Å². The van der Waals surface area contributed by atoms with E-state index < -0.39 is 10.7 Å². The number of hydrogen-bond acceptors (Lipinski definition) is 6. The molecule has 0 aliphatic carbocycles. The molecule has 1 heterocycles. The first-order valence-corrected chi connectivity index (χ1v) is 7.56. The lowest BCUT2D eigenvalue weighted by molar-refractivity contribution is -0.385. The van der Waals surface area contributed by atoms with Crippen molar-refractivity contribution in [2.24, 2.45) is 0 Å². The van der Waals surface area contributed by atoms with Crippen LogP contribution in [0.25, 0.3) is 11.5 Å². The first-order chi connectivity index (χ1) is 11.1. The number of nitrogens with zero attached hydrogens (tertiary/aromatic N) is 3. The minimum absolute atomic E-state index is 0.281. The zero-order valence-electron chi connectivity index (χ0n) is 11.7. The van der Waals surface area contributed by atoms with Crippen molar-refractivity contribution in [3.8, 4) is 11.5 Å². The smallest absolute Gasteiger partial charge is 0.277 e. The SMILES string of the molecule is O=[N+]([O-])c1cc(F)cc(CSc2nnc(-c3ccccc3)o2)c1. The standard InChI is InChI=1S/C15H10FN3O3S/c16-12-6-10(7-13(8-12)19(20)21)9-23-15-18-17-14(22-15)11-4-2-1-3-5-11/h1-8H,9H2.